The summed E-state index contributed by atoms with van der Waals surface area (Å²) in [6.45, 7) is 10.7. The van der Waals surface area contributed by atoms with Crippen molar-refractivity contribution in [3.63, 3.8) is 0 Å². The molecule has 1 aromatic carbocycles. The Morgan fingerprint density at radius 2 is 1.64 bits per heavy atom. The van der Waals surface area contributed by atoms with Crippen LogP contribution in [0.25, 0.3) is 0 Å². The van der Waals surface area contributed by atoms with Gasteiger partial charge in [-0.25, -0.2) is 4.79 Å². The molecule has 0 radical (unpaired) electrons. The molecular formula is C19H29NO5. The molecule has 0 bridgehead atoms. The molecule has 0 aromatic heterocycles. The lowest BCUT2D eigenvalue weighted by Gasteiger charge is -2.24. The molecule has 0 spiro atoms. The second kappa shape index (κ2) is 8.85. The van der Waals surface area contributed by atoms with E-state index in [1.54, 1.807) is 41.5 Å². The predicted octanol–water partition coefficient (Wildman–Crippen LogP) is 3.82. The molecule has 1 amide bonds. The van der Waals surface area contributed by atoms with Crippen LogP contribution in [0.4, 0.5) is 4.79 Å². The maximum Gasteiger partial charge on any atom is 0.408 e. The SMILES string of the molecule is CC(C)(C)OC(=O)NC(COCOC(=O)C(C)(C)C)c1ccccc1. The molecule has 25 heavy (non-hydrogen) atoms. The molecule has 1 unspecified atom stereocenters. The number of nitrogens with one attached hydrogen (secondary N) is 1. The van der Waals surface area contributed by atoms with Crippen LogP contribution < -0.4 is 5.32 Å². The maximum atomic E-state index is 12.0. The lowest BCUT2D eigenvalue weighted by Crippen LogP contribution is -2.37. The number of alkyl carbamates (subject to hydrolysis) is 1. The number of benzene rings is 1. The Bertz CT molecular complexity index is 557. The van der Waals surface area contributed by atoms with Crippen LogP contribution >= 0.6 is 0 Å². The second-order valence-electron chi connectivity index (χ2n) is 7.78. The molecule has 6 heteroatoms. The first kappa shape index (κ1) is 21.0. The third-order valence-corrected chi connectivity index (χ3v) is 3.06. The van der Waals surface area contributed by atoms with Crippen molar-refractivity contribution in [3.8, 4) is 0 Å². The van der Waals surface area contributed by atoms with E-state index >= 15 is 0 Å². The Hall–Kier alpha value is -2.08. The van der Waals surface area contributed by atoms with E-state index in [4.69, 9.17) is 14.2 Å². The van der Waals surface area contributed by atoms with Crippen molar-refractivity contribution in [1.82, 2.24) is 5.32 Å². The van der Waals surface area contributed by atoms with Crippen molar-refractivity contribution >= 4 is 12.1 Å². The van der Waals surface area contributed by atoms with E-state index in [1.165, 1.54) is 0 Å². The van der Waals surface area contributed by atoms with Crippen molar-refractivity contribution in [1.29, 1.82) is 0 Å². The molecule has 0 fully saturated rings. The lowest BCUT2D eigenvalue weighted by atomic mass is 9.98. The molecule has 1 N–H and O–H groups in total. The summed E-state index contributed by atoms with van der Waals surface area (Å²) in [7, 11) is 0. The summed E-state index contributed by atoms with van der Waals surface area (Å²) in [4.78, 5) is 23.8. The fraction of sp³-hybridized carbons (Fsp3) is 0.579. The van der Waals surface area contributed by atoms with Gasteiger partial charge in [-0.2, -0.15) is 0 Å². The minimum Gasteiger partial charge on any atom is -0.444 e. The third kappa shape index (κ3) is 8.54. The first-order valence-corrected chi connectivity index (χ1v) is 8.28. The van der Waals surface area contributed by atoms with E-state index in [0.717, 1.165) is 5.56 Å². The number of rotatable bonds is 6. The Morgan fingerprint density at radius 1 is 1.04 bits per heavy atom. The lowest BCUT2D eigenvalue weighted by molar-refractivity contribution is -0.166. The highest BCUT2D eigenvalue weighted by Crippen LogP contribution is 2.17. The Balaban J connectivity index is 2.61. The van der Waals surface area contributed by atoms with E-state index < -0.39 is 23.2 Å². The van der Waals surface area contributed by atoms with Gasteiger partial charge >= 0.3 is 12.1 Å². The number of hydrogen-bond donors (Lipinski definition) is 1. The number of hydrogen-bond acceptors (Lipinski definition) is 5. The van der Waals surface area contributed by atoms with Crippen LogP contribution in [0.2, 0.25) is 0 Å². The van der Waals surface area contributed by atoms with Crippen molar-refractivity contribution in [2.75, 3.05) is 13.4 Å². The molecule has 0 saturated heterocycles. The van der Waals surface area contributed by atoms with Crippen LogP contribution in [0.15, 0.2) is 30.3 Å². The number of amides is 1. The van der Waals surface area contributed by atoms with Gasteiger partial charge in [0.05, 0.1) is 18.1 Å². The van der Waals surface area contributed by atoms with Gasteiger partial charge in [0.25, 0.3) is 0 Å². The molecule has 0 aliphatic carbocycles. The zero-order valence-corrected chi connectivity index (χ0v) is 15.9. The summed E-state index contributed by atoms with van der Waals surface area (Å²) in [5.41, 5.74) is -0.304. The van der Waals surface area contributed by atoms with Gasteiger partial charge in [-0.15, -0.1) is 0 Å². The molecule has 0 aliphatic rings. The van der Waals surface area contributed by atoms with Gasteiger partial charge in [0.2, 0.25) is 0 Å². The van der Waals surface area contributed by atoms with Gasteiger partial charge in [0, 0.05) is 0 Å². The number of ether oxygens (including phenoxy) is 3. The van der Waals surface area contributed by atoms with Crippen LogP contribution in [0.3, 0.4) is 0 Å². The van der Waals surface area contributed by atoms with Crippen LogP contribution in [-0.4, -0.2) is 31.1 Å². The first-order valence-electron chi connectivity index (χ1n) is 8.28. The zero-order valence-electron chi connectivity index (χ0n) is 15.9. The van der Waals surface area contributed by atoms with E-state index in [2.05, 4.69) is 5.32 Å². The summed E-state index contributed by atoms with van der Waals surface area (Å²) >= 11 is 0. The molecule has 0 aliphatic heterocycles. The topological polar surface area (TPSA) is 73.9 Å². The van der Waals surface area contributed by atoms with Crippen LogP contribution in [0.5, 0.6) is 0 Å². The zero-order chi connectivity index (χ0) is 19.1. The molecule has 0 saturated carbocycles. The molecule has 1 atom stereocenters. The van der Waals surface area contributed by atoms with E-state index in [1.807, 2.05) is 30.3 Å². The minimum atomic E-state index is -0.589. The Labute approximate surface area is 149 Å². The van der Waals surface area contributed by atoms with Gasteiger partial charge in [0.1, 0.15) is 5.60 Å². The standard InChI is InChI=1S/C19H29NO5/c1-18(2,3)16(21)24-13-23-12-15(14-10-8-7-9-11-14)20-17(22)25-19(4,5)6/h7-11,15H,12-13H2,1-6H3,(H,20,22). The average Bonchev–Trinajstić information content (AvgIpc) is 2.48. The van der Waals surface area contributed by atoms with E-state index in [9.17, 15) is 9.59 Å². The predicted molar refractivity (Wildman–Crippen MR) is 94.9 cm³/mol. The van der Waals surface area contributed by atoms with Crippen molar-refractivity contribution < 1.29 is 23.8 Å². The summed E-state index contributed by atoms with van der Waals surface area (Å²) in [6.07, 6.45) is -0.531. The second-order valence-corrected chi connectivity index (χ2v) is 7.78. The Kier molecular flexibility index (Phi) is 7.42. The van der Waals surface area contributed by atoms with Crippen molar-refractivity contribution in [3.05, 3.63) is 35.9 Å². The fourth-order valence-electron chi connectivity index (χ4n) is 1.83. The highest BCUT2D eigenvalue weighted by Gasteiger charge is 2.24. The van der Waals surface area contributed by atoms with Crippen molar-refractivity contribution in [2.45, 2.75) is 53.2 Å². The molecule has 0 heterocycles. The van der Waals surface area contributed by atoms with E-state index in [-0.39, 0.29) is 19.4 Å². The summed E-state index contributed by atoms with van der Waals surface area (Å²) < 4.78 is 15.8. The van der Waals surface area contributed by atoms with Gasteiger partial charge in [-0.3, -0.25) is 4.79 Å². The number of esters is 1. The quantitative estimate of drug-likeness (QED) is 0.479. The molecule has 1 rings (SSSR count). The van der Waals surface area contributed by atoms with Crippen LogP contribution in [0.1, 0.15) is 53.1 Å². The van der Waals surface area contributed by atoms with Gasteiger partial charge in [0.15, 0.2) is 6.79 Å². The van der Waals surface area contributed by atoms with Gasteiger partial charge < -0.3 is 19.5 Å². The van der Waals surface area contributed by atoms with Crippen LogP contribution in [-0.2, 0) is 19.0 Å². The molecular weight excluding hydrogens is 322 g/mol. The van der Waals surface area contributed by atoms with E-state index in [0.29, 0.717) is 0 Å². The normalized spacial score (nSPS) is 13.0. The minimum absolute atomic E-state index is 0.153. The fourth-order valence-corrected chi connectivity index (χ4v) is 1.83. The summed E-state index contributed by atoms with van der Waals surface area (Å²) in [6, 6.07) is 8.99. The maximum absolute atomic E-state index is 12.0. The van der Waals surface area contributed by atoms with Crippen molar-refractivity contribution in [2.24, 2.45) is 5.41 Å². The van der Waals surface area contributed by atoms with Gasteiger partial charge in [-0.1, -0.05) is 30.3 Å². The Morgan fingerprint density at radius 3 is 2.16 bits per heavy atom. The highest BCUT2D eigenvalue weighted by molar-refractivity contribution is 5.75. The largest absolute Gasteiger partial charge is 0.444 e. The summed E-state index contributed by atoms with van der Waals surface area (Å²) in [5, 5.41) is 2.78. The molecule has 1 aromatic rings. The first-order chi connectivity index (χ1) is 11.5. The molecule has 140 valence electrons. The summed E-state index contributed by atoms with van der Waals surface area (Å²) in [5.74, 6) is -0.344. The average molecular weight is 351 g/mol. The van der Waals surface area contributed by atoms with Gasteiger partial charge in [-0.05, 0) is 47.1 Å². The number of carbonyl (C=O) groups is 2. The third-order valence-electron chi connectivity index (χ3n) is 3.06. The monoisotopic (exact) mass is 351 g/mol. The highest BCUT2D eigenvalue weighted by atomic mass is 16.7. The molecule has 6 nitrogen and oxygen atoms in total. The number of carbonyl (C=O) groups excluding carboxylic acids is 2. The smallest absolute Gasteiger partial charge is 0.408 e. The van der Waals surface area contributed by atoms with Crippen LogP contribution in [0, 0.1) is 5.41 Å².